The van der Waals surface area contributed by atoms with Crippen LogP contribution in [-0.4, -0.2) is 50.2 Å². The molecule has 0 spiro atoms. The molecule has 23 heavy (non-hydrogen) atoms. The van der Waals surface area contributed by atoms with Crippen LogP contribution in [0.4, 0.5) is 0 Å². The lowest BCUT2D eigenvalue weighted by Gasteiger charge is -2.32. The number of nitrogens with one attached hydrogen (secondary N) is 1. The van der Waals surface area contributed by atoms with E-state index in [0.717, 1.165) is 38.0 Å². The first-order valence-electron chi connectivity index (χ1n) is 8.12. The summed E-state index contributed by atoms with van der Waals surface area (Å²) in [5, 5.41) is 3.45. The summed E-state index contributed by atoms with van der Waals surface area (Å²) in [6, 6.07) is 7.56. The summed E-state index contributed by atoms with van der Waals surface area (Å²) >= 11 is 5.90. The highest BCUT2D eigenvalue weighted by atomic mass is 35.5. The van der Waals surface area contributed by atoms with Gasteiger partial charge in [0.1, 0.15) is 0 Å². The fourth-order valence-corrected chi connectivity index (χ4v) is 3.33. The van der Waals surface area contributed by atoms with Crippen LogP contribution in [0, 0.1) is 5.92 Å². The smallest absolute Gasteiger partial charge is 0.222 e. The van der Waals surface area contributed by atoms with Crippen molar-refractivity contribution in [1.29, 1.82) is 0 Å². The van der Waals surface area contributed by atoms with Gasteiger partial charge in [0.2, 0.25) is 5.91 Å². The molecule has 2 aliphatic rings. The zero-order chi connectivity index (χ0) is 16.2. The number of piperidine rings is 1. The molecule has 1 aromatic rings. The summed E-state index contributed by atoms with van der Waals surface area (Å²) in [5.74, 6) is 0.312. The van der Waals surface area contributed by atoms with E-state index in [1.807, 2.05) is 24.3 Å². The van der Waals surface area contributed by atoms with Gasteiger partial charge in [-0.1, -0.05) is 23.7 Å². The normalized spacial score (nSPS) is 26.3. The quantitative estimate of drug-likeness (QED) is 0.914. The largest absolute Gasteiger partial charge is 0.359 e. The fraction of sp³-hybridized carbons (Fsp3) is 0.588. The third kappa shape index (κ3) is 4.23. The Morgan fingerprint density at radius 2 is 2.00 bits per heavy atom. The molecule has 1 N–H and O–H groups in total. The van der Waals surface area contributed by atoms with Crippen molar-refractivity contribution in [1.82, 2.24) is 10.2 Å². The summed E-state index contributed by atoms with van der Waals surface area (Å²) in [5.41, 5.74) is 0.996. The molecule has 2 atom stereocenters. The number of hydrogen-bond donors (Lipinski definition) is 1. The molecule has 0 unspecified atom stereocenters. The van der Waals surface area contributed by atoms with Gasteiger partial charge in [0.25, 0.3) is 0 Å². The Hall–Kier alpha value is -1.14. The summed E-state index contributed by atoms with van der Waals surface area (Å²) in [6.07, 6.45) is 1.59. The first-order chi connectivity index (χ1) is 11.2. The average Bonchev–Trinajstić information content (AvgIpc) is 3.04. The number of benzene rings is 1. The van der Waals surface area contributed by atoms with E-state index in [1.165, 1.54) is 0 Å². The van der Waals surface area contributed by atoms with Crippen LogP contribution in [0.15, 0.2) is 24.3 Å². The van der Waals surface area contributed by atoms with Gasteiger partial charge < -0.3 is 19.7 Å². The molecule has 126 valence electrons. The molecule has 2 saturated heterocycles. The lowest BCUT2D eigenvalue weighted by molar-refractivity contribution is -0.126. The van der Waals surface area contributed by atoms with Crippen LogP contribution in [0.2, 0.25) is 5.02 Å². The standard InChI is InChI=1S/C17H23ClN2O3/c1-19-16(21)12-6-8-20(9-7-12)10-15-11-22-17(23-15)13-2-4-14(18)5-3-13/h2-5,12,15,17H,6-11H2,1H3,(H,19,21)/t15-,17+/m1/s1. The summed E-state index contributed by atoms with van der Waals surface area (Å²) in [7, 11) is 1.70. The Labute approximate surface area is 141 Å². The second-order valence-electron chi connectivity index (χ2n) is 6.16. The van der Waals surface area contributed by atoms with Crippen molar-refractivity contribution in [2.45, 2.75) is 25.2 Å². The van der Waals surface area contributed by atoms with Gasteiger partial charge in [0, 0.05) is 30.1 Å². The van der Waals surface area contributed by atoms with Gasteiger partial charge in [0.05, 0.1) is 12.7 Å². The van der Waals surface area contributed by atoms with Crippen LogP contribution in [0.5, 0.6) is 0 Å². The number of rotatable bonds is 4. The summed E-state index contributed by atoms with van der Waals surface area (Å²) in [6.45, 7) is 3.32. The molecule has 0 aromatic heterocycles. The van der Waals surface area contributed by atoms with Crippen molar-refractivity contribution in [3.63, 3.8) is 0 Å². The second kappa shape index (κ2) is 7.62. The number of amides is 1. The van der Waals surface area contributed by atoms with Gasteiger partial charge in [-0.3, -0.25) is 4.79 Å². The van der Waals surface area contributed by atoms with Crippen molar-refractivity contribution < 1.29 is 14.3 Å². The zero-order valence-electron chi connectivity index (χ0n) is 13.3. The minimum Gasteiger partial charge on any atom is -0.359 e. The number of hydrogen-bond acceptors (Lipinski definition) is 4. The SMILES string of the molecule is CNC(=O)C1CCN(C[C@@H]2CO[C@H](c3ccc(Cl)cc3)O2)CC1. The van der Waals surface area contributed by atoms with Gasteiger partial charge in [-0.05, 0) is 38.1 Å². The number of nitrogens with zero attached hydrogens (tertiary/aromatic N) is 1. The Kier molecular flexibility index (Phi) is 5.54. The first-order valence-corrected chi connectivity index (χ1v) is 8.50. The molecule has 5 nitrogen and oxygen atoms in total. The van der Waals surface area contributed by atoms with Crippen molar-refractivity contribution in [3.05, 3.63) is 34.9 Å². The van der Waals surface area contributed by atoms with E-state index in [4.69, 9.17) is 21.1 Å². The van der Waals surface area contributed by atoms with Gasteiger partial charge in [0.15, 0.2) is 6.29 Å². The maximum absolute atomic E-state index is 11.7. The maximum atomic E-state index is 11.7. The minimum atomic E-state index is -0.305. The molecule has 6 heteroatoms. The lowest BCUT2D eigenvalue weighted by Crippen LogP contribution is -2.42. The van der Waals surface area contributed by atoms with Crippen molar-refractivity contribution >= 4 is 17.5 Å². The first kappa shape index (κ1) is 16.7. The molecule has 0 aliphatic carbocycles. The van der Waals surface area contributed by atoms with Crippen LogP contribution < -0.4 is 5.32 Å². The Balaban J connectivity index is 1.45. The van der Waals surface area contributed by atoms with Crippen molar-refractivity contribution in [2.75, 3.05) is 33.3 Å². The fourth-order valence-electron chi connectivity index (χ4n) is 3.21. The number of carbonyl (C=O) groups excluding carboxylic acids is 1. The van der Waals surface area contributed by atoms with Gasteiger partial charge in [-0.2, -0.15) is 0 Å². The predicted molar refractivity (Wildman–Crippen MR) is 88.2 cm³/mol. The molecule has 2 aliphatic heterocycles. The van der Waals surface area contributed by atoms with Gasteiger partial charge >= 0.3 is 0 Å². The molecular weight excluding hydrogens is 316 g/mol. The second-order valence-corrected chi connectivity index (χ2v) is 6.60. The van der Waals surface area contributed by atoms with E-state index in [1.54, 1.807) is 7.05 Å². The highest BCUT2D eigenvalue weighted by Gasteiger charge is 2.31. The van der Waals surface area contributed by atoms with E-state index >= 15 is 0 Å². The van der Waals surface area contributed by atoms with Crippen LogP contribution in [0.25, 0.3) is 0 Å². The Bertz CT molecular complexity index is 529. The predicted octanol–water partition coefficient (Wildman–Crippen LogP) is 2.21. The van der Waals surface area contributed by atoms with Crippen LogP contribution in [0.3, 0.4) is 0 Å². The number of halogens is 1. The van der Waals surface area contributed by atoms with E-state index < -0.39 is 0 Å². The molecule has 0 radical (unpaired) electrons. The minimum absolute atomic E-state index is 0.0761. The maximum Gasteiger partial charge on any atom is 0.222 e. The monoisotopic (exact) mass is 338 g/mol. The van der Waals surface area contributed by atoms with Crippen LogP contribution in [-0.2, 0) is 14.3 Å². The van der Waals surface area contributed by atoms with Crippen molar-refractivity contribution in [2.24, 2.45) is 5.92 Å². The molecule has 0 saturated carbocycles. The van der Waals surface area contributed by atoms with Crippen LogP contribution >= 0.6 is 11.6 Å². The lowest BCUT2D eigenvalue weighted by atomic mass is 9.96. The molecule has 2 heterocycles. The molecule has 1 amide bonds. The van der Waals surface area contributed by atoms with Gasteiger partial charge in [-0.15, -0.1) is 0 Å². The topological polar surface area (TPSA) is 50.8 Å². The molecule has 0 bridgehead atoms. The highest BCUT2D eigenvalue weighted by molar-refractivity contribution is 6.30. The number of likely N-dealkylation sites (tertiary alicyclic amines) is 1. The Morgan fingerprint density at radius 1 is 1.30 bits per heavy atom. The van der Waals surface area contributed by atoms with Crippen molar-refractivity contribution in [3.8, 4) is 0 Å². The van der Waals surface area contributed by atoms with E-state index in [2.05, 4.69) is 10.2 Å². The third-order valence-corrected chi connectivity index (χ3v) is 4.81. The van der Waals surface area contributed by atoms with Gasteiger partial charge in [-0.25, -0.2) is 0 Å². The number of carbonyl (C=O) groups is 1. The third-order valence-electron chi connectivity index (χ3n) is 4.56. The molecular formula is C17H23ClN2O3. The molecule has 2 fully saturated rings. The molecule has 1 aromatic carbocycles. The summed E-state index contributed by atoms with van der Waals surface area (Å²) < 4.78 is 11.8. The molecule has 3 rings (SSSR count). The zero-order valence-corrected chi connectivity index (χ0v) is 14.1. The number of ether oxygens (including phenoxy) is 2. The van der Waals surface area contributed by atoms with Crippen LogP contribution in [0.1, 0.15) is 24.7 Å². The van der Waals surface area contributed by atoms with E-state index in [0.29, 0.717) is 11.6 Å². The van der Waals surface area contributed by atoms with E-state index in [-0.39, 0.29) is 24.2 Å². The Morgan fingerprint density at radius 3 is 2.65 bits per heavy atom. The highest BCUT2D eigenvalue weighted by Crippen LogP contribution is 2.28. The van der Waals surface area contributed by atoms with E-state index in [9.17, 15) is 4.79 Å². The average molecular weight is 339 g/mol. The summed E-state index contributed by atoms with van der Waals surface area (Å²) in [4.78, 5) is 14.0.